The first kappa shape index (κ1) is 19.4. The van der Waals surface area contributed by atoms with Crippen molar-refractivity contribution in [2.24, 2.45) is 7.05 Å². The Morgan fingerprint density at radius 3 is 2.52 bits per heavy atom. The molecule has 4 rings (SSSR count). The maximum absolute atomic E-state index is 12.3. The van der Waals surface area contributed by atoms with Gasteiger partial charge in [0.1, 0.15) is 0 Å². The average molecular weight is 422 g/mol. The molecule has 146 valence electrons. The van der Waals surface area contributed by atoms with Gasteiger partial charge in [0.2, 0.25) is 0 Å². The maximum Gasteiger partial charge on any atom is 0.257 e. The highest BCUT2D eigenvalue weighted by atomic mass is 32.2. The molecule has 0 aliphatic rings. The van der Waals surface area contributed by atoms with Gasteiger partial charge in [0, 0.05) is 53.2 Å². The van der Waals surface area contributed by atoms with Gasteiger partial charge in [-0.2, -0.15) is 0 Å². The third-order valence-electron chi connectivity index (χ3n) is 4.42. The minimum Gasteiger partial charge on any atom is -0.329 e. The van der Waals surface area contributed by atoms with Crippen LogP contribution in [0.25, 0.3) is 11.3 Å². The van der Waals surface area contributed by atoms with E-state index in [1.165, 1.54) is 11.3 Å². The molecule has 0 bridgehead atoms. The van der Waals surface area contributed by atoms with Crippen molar-refractivity contribution in [2.75, 3.05) is 5.32 Å². The first-order chi connectivity index (χ1) is 14.0. The number of benzene rings is 1. The van der Waals surface area contributed by atoms with Gasteiger partial charge in [-0.25, -0.2) is 9.97 Å². The Bertz CT molecular complexity index is 1140. The van der Waals surface area contributed by atoms with E-state index in [-0.39, 0.29) is 5.91 Å². The number of hydrogen-bond acceptors (Lipinski definition) is 6. The topological polar surface area (TPSA) is 72.7 Å². The first-order valence-corrected chi connectivity index (χ1v) is 10.6. The molecular formula is C21H19N5OS2. The Labute approximate surface area is 177 Å². The number of aromatic nitrogens is 4. The number of hydrogen-bond donors (Lipinski definition) is 1. The number of thiazole rings is 1. The van der Waals surface area contributed by atoms with Gasteiger partial charge in [-0.05, 0) is 49.2 Å². The third kappa shape index (κ3) is 4.23. The quantitative estimate of drug-likeness (QED) is 0.493. The van der Waals surface area contributed by atoms with Gasteiger partial charge in [-0.1, -0.05) is 11.8 Å². The second-order valence-corrected chi connectivity index (χ2v) is 8.48. The zero-order valence-corrected chi connectivity index (χ0v) is 17.8. The number of carbonyl (C=O) groups is 1. The second kappa shape index (κ2) is 8.18. The van der Waals surface area contributed by atoms with Crippen LogP contribution in [0.4, 0.5) is 5.13 Å². The fourth-order valence-electron chi connectivity index (χ4n) is 3.06. The highest BCUT2D eigenvalue weighted by Crippen LogP contribution is 2.35. The molecule has 1 aromatic carbocycles. The normalized spacial score (nSPS) is 10.9. The van der Waals surface area contributed by atoms with Gasteiger partial charge in [0.15, 0.2) is 10.3 Å². The Hall–Kier alpha value is -2.97. The summed E-state index contributed by atoms with van der Waals surface area (Å²) in [5, 5.41) is 6.36. The summed E-state index contributed by atoms with van der Waals surface area (Å²) < 4.78 is 2.00. The molecule has 0 saturated carbocycles. The fourth-order valence-corrected chi connectivity index (χ4v) is 4.76. The van der Waals surface area contributed by atoms with E-state index >= 15 is 0 Å². The molecule has 0 saturated heterocycles. The number of pyridine rings is 1. The molecule has 3 aromatic heterocycles. The van der Waals surface area contributed by atoms with Crippen LogP contribution < -0.4 is 5.32 Å². The van der Waals surface area contributed by atoms with Gasteiger partial charge in [-0.3, -0.25) is 15.1 Å². The van der Waals surface area contributed by atoms with Crippen molar-refractivity contribution in [1.82, 2.24) is 19.5 Å². The van der Waals surface area contributed by atoms with Crippen LogP contribution in [0.1, 0.15) is 21.5 Å². The summed E-state index contributed by atoms with van der Waals surface area (Å²) >= 11 is 3.05. The van der Waals surface area contributed by atoms with Gasteiger partial charge in [0.05, 0.1) is 5.69 Å². The van der Waals surface area contributed by atoms with Gasteiger partial charge in [0.25, 0.3) is 5.91 Å². The summed E-state index contributed by atoms with van der Waals surface area (Å²) in [5.74, 6) is -0.191. The van der Waals surface area contributed by atoms with Crippen LogP contribution in [-0.4, -0.2) is 25.4 Å². The van der Waals surface area contributed by atoms with Crippen LogP contribution in [-0.2, 0) is 7.05 Å². The number of nitrogens with zero attached hydrogens (tertiary/aromatic N) is 4. The summed E-state index contributed by atoms with van der Waals surface area (Å²) in [6, 6.07) is 7.65. The summed E-state index contributed by atoms with van der Waals surface area (Å²) in [6.45, 7) is 4.17. The van der Waals surface area contributed by atoms with Gasteiger partial charge in [-0.15, -0.1) is 11.3 Å². The Morgan fingerprint density at radius 2 is 1.86 bits per heavy atom. The summed E-state index contributed by atoms with van der Waals surface area (Å²) in [7, 11) is 1.99. The molecule has 3 heterocycles. The van der Waals surface area contributed by atoms with Crippen LogP contribution in [0, 0.1) is 13.8 Å². The molecule has 0 aliphatic heterocycles. The minimum absolute atomic E-state index is 0.191. The molecule has 1 amide bonds. The van der Waals surface area contributed by atoms with E-state index < -0.39 is 0 Å². The maximum atomic E-state index is 12.3. The van der Waals surface area contributed by atoms with Crippen LogP contribution >= 0.6 is 23.1 Å². The van der Waals surface area contributed by atoms with E-state index in [1.54, 1.807) is 42.5 Å². The van der Waals surface area contributed by atoms with E-state index in [0.29, 0.717) is 10.7 Å². The number of amides is 1. The average Bonchev–Trinajstić information content (AvgIpc) is 3.31. The molecule has 1 N–H and O–H groups in total. The molecule has 6 nitrogen and oxygen atoms in total. The van der Waals surface area contributed by atoms with Crippen molar-refractivity contribution >= 4 is 34.1 Å². The van der Waals surface area contributed by atoms with E-state index in [2.05, 4.69) is 46.2 Å². The molecule has 0 unspecified atom stereocenters. The largest absolute Gasteiger partial charge is 0.329 e. The lowest BCUT2D eigenvalue weighted by Gasteiger charge is -2.11. The molecule has 0 spiro atoms. The van der Waals surface area contributed by atoms with E-state index in [1.807, 2.05) is 23.2 Å². The van der Waals surface area contributed by atoms with Crippen molar-refractivity contribution in [3.63, 3.8) is 0 Å². The van der Waals surface area contributed by atoms with Crippen molar-refractivity contribution in [1.29, 1.82) is 0 Å². The molecule has 0 fully saturated rings. The SMILES string of the molecule is Cc1cc(Sc2nccn2C)cc(C)c1-c1csc(NC(=O)c2ccncc2)n1. The van der Waals surface area contributed by atoms with E-state index in [9.17, 15) is 4.79 Å². The molecule has 4 aromatic rings. The van der Waals surface area contributed by atoms with Crippen molar-refractivity contribution < 1.29 is 4.79 Å². The predicted molar refractivity (Wildman–Crippen MR) is 117 cm³/mol. The van der Waals surface area contributed by atoms with Crippen molar-refractivity contribution in [3.05, 3.63) is 71.1 Å². The number of nitrogens with one attached hydrogen (secondary N) is 1. The predicted octanol–water partition coefficient (Wildman–Crippen LogP) is 4.96. The molecule has 8 heteroatoms. The smallest absolute Gasteiger partial charge is 0.257 e. The number of imidazole rings is 1. The molecule has 0 atom stereocenters. The Morgan fingerprint density at radius 1 is 1.14 bits per heavy atom. The van der Waals surface area contributed by atoms with Crippen molar-refractivity contribution in [2.45, 2.75) is 23.9 Å². The highest BCUT2D eigenvalue weighted by molar-refractivity contribution is 7.99. The number of rotatable bonds is 5. The third-order valence-corrected chi connectivity index (χ3v) is 6.22. The molecule has 0 aliphatic carbocycles. The Kier molecular flexibility index (Phi) is 5.46. The van der Waals surface area contributed by atoms with Crippen LogP contribution in [0.2, 0.25) is 0 Å². The van der Waals surface area contributed by atoms with Crippen molar-refractivity contribution in [3.8, 4) is 11.3 Å². The summed E-state index contributed by atoms with van der Waals surface area (Å²) in [4.78, 5) is 26.4. The van der Waals surface area contributed by atoms with E-state index in [0.717, 1.165) is 32.4 Å². The van der Waals surface area contributed by atoms with Gasteiger partial charge >= 0.3 is 0 Å². The first-order valence-electron chi connectivity index (χ1n) is 8.95. The second-order valence-electron chi connectivity index (χ2n) is 6.58. The molecule has 0 radical (unpaired) electrons. The van der Waals surface area contributed by atoms with Gasteiger partial charge < -0.3 is 4.57 Å². The zero-order chi connectivity index (χ0) is 20.4. The standard InChI is InChI=1S/C21H19N5OS2/c1-13-10-16(29-21-23-8-9-26(21)3)11-14(2)18(13)17-12-28-20(24-17)25-19(27)15-4-6-22-7-5-15/h4-12H,1-3H3,(H,24,25,27). The fraction of sp³-hybridized carbons (Fsp3) is 0.143. The highest BCUT2D eigenvalue weighted by Gasteiger charge is 2.14. The number of aryl methyl sites for hydroxylation is 3. The lowest BCUT2D eigenvalue weighted by atomic mass is 10.0. The van der Waals surface area contributed by atoms with Crippen LogP contribution in [0.5, 0.6) is 0 Å². The lowest BCUT2D eigenvalue weighted by Crippen LogP contribution is -2.11. The minimum atomic E-state index is -0.191. The summed E-state index contributed by atoms with van der Waals surface area (Å²) in [6.07, 6.45) is 6.93. The van der Waals surface area contributed by atoms with E-state index in [4.69, 9.17) is 0 Å². The summed E-state index contributed by atoms with van der Waals surface area (Å²) in [5.41, 5.74) is 4.79. The monoisotopic (exact) mass is 421 g/mol. The molecular weight excluding hydrogens is 402 g/mol. The Balaban J connectivity index is 1.56. The number of carbonyl (C=O) groups excluding carboxylic acids is 1. The van der Waals surface area contributed by atoms with Crippen LogP contribution in [0.15, 0.2) is 64.5 Å². The number of anilines is 1. The zero-order valence-electron chi connectivity index (χ0n) is 16.2. The molecule has 29 heavy (non-hydrogen) atoms. The van der Waals surface area contributed by atoms with Crippen LogP contribution in [0.3, 0.4) is 0 Å². The lowest BCUT2D eigenvalue weighted by molar-refractivity contribution is 0.102.